The lowest BCUT2D eigenvalue weighted by Crippen LogP contribution is -2.14. The van der Waals surface area contributed by atoms with E-state index >= 15 is 0 Å². The number of benzene rings is 2. The first-order valence-electron chi connectivity index (χ1n) is 9.78. The van der Waals surface area contributed by atoms with Crippen molar-refractivity contribution >= 4 is 23.2 Å². The second kappa shape index (κ2) is 8.35. The van der Waals surface area contributed by atoms with Crippen LogP contribution >= 0.6 is 11.3 Å². The molecular weight excluding hydrogens is 416 g/mol. The van der Waals surface area contributed by atoms with E-state index in [9.17, 15) is 10.1 Å². The first-order chi connectivity index (χ1) is 14.8. The van der Waals surface area contributed by atoms with Gasteiger partial charge in [0.05, 0.1) is 28.5 Å². The second-order valence-electron chi connectivity index (χ2n) is 7.50. The molecule has 8 nitrogen and oxygen atoms in total. The van der Waals surface area contributed by atoms with Gasteiger partial charge in [0, 0.05) is 17.0 Å². The summed E-state index contributed by atoms with van der Waals surface area (Å²) in [5.41, 5.74) is 4.48. The number of thiazole rings is 1. The second-order valence-corrected chi connectivity index (χ2v) is 8.34. The van der Waals surface area contributed by atoms with Crippen molar-refractivity contribution in [1.82, 2.24) is 4.68 Å². The van der Waals surface area contributed by atoms with Gasteiger partial charge in [0.2, 0.25) is 11.6 Å². The minimum Gasteiger partial charge on any atom is -0.454 e. The number of fused-ring (bicyclic) bond motifs is 1. The summed E-state index contributed by atoms with van der Waals surface area (Å²) >= 11 is 1.48. The molecule has 9 heteroatoms. The predicted octanol–water partition coefficient (Wildman–Crippen LogP) is 4.66. The Labute approximate surface area is 183 Å². The number of nitro groups is 1. The van der Waals surface area contributed by atoms with Crippen LogP contribution in [0.2, 0.25) is 0 Å². The Morgan fingerprint density at radius 1 is 1.16 bits per heavy atom. The molecule has 0 atom stereocenters. The van der Waals surface area contributed by atoms with E-state index < -0.39 is 4.92 Å². The van der Waals surface area contributed by atoms with Gasteiger partial charge in [-0.25, -0.2) is 4.68 Å². The van der Waals surface area contributed by atoms with E-state index in [-0.39, 0.29) is 18.5 Å². The van der Waals surface area contributed by atoms with Crippen molar-refractivity contribution in [3.05, 3.63) is 67.3 Å². The molecule has 0 radical (unpaired) electrons. The third kappa shape index (κ3) is 4.22. The minimum atomic E-state index is -0.453. The normalized spacial score (nSPS) is 13.5. The van der Waals surface area contributed by atoms with Gasteiger partial charge in [0.25, 0.3) is 5.69 Å². The van der Waals surface area contributed by atoms with Crippen LogP contribution in [0.5, 0.6) is 11.5 Å². The molecule has 160 valence electrons. The Kier molecular flexibility index (Phi) is 5.60. The molecule has 0 bridgehead atoms. The van der Waals surface area contributed by atoms with Gasteiger partial charge >= 0.3 is 0 Å². The maximum absolute atomic E-state index is 11.6. The van der Waals surface area contributed by atoms with Crippen molar-refractivity contribution in [2.24, 2.45) is 10.1 Å². The highest BCUT2D eigenvalue weighted by Crippen LogP contribution is 2.37. The molecule has 3 aromatic rings. The fraction of sp³-hybridized carbons (Fsp3) is 0.273. The Balaban J connectivity index is 1.84. The molecule has 0 saturated heterocycles. The largest absolute Gasteiger partial charge is 0.454 e. The number of hydrogen-bond donors (Lipinski definition) is 0. The van der Waals surface area contributed by atoms with Crippen molar-refractivity contribution in [1.29, 1.82) is 0 Å². The van der Waals surface area contributed by atoms with Crippen LogP contribution in [0.25, 0.3) is 11.3 Å². The van der Waals surface area contributed by atoms with Gasteiger partial charge in [-0.15, -0.1) is 11.3 Å². The zero-order valence-electron chi connectivity index (χ0n) is 17.7. The molecule has 0 spiro atoms. The molecule has 0 unspecified atom stereocenters. The van der Waals surface area contributed by atoms with Gasteiger partial charge in [-0.1, -0.05) is 12.1 Å². The van der Waals surface area contributed by atoms with Crippen LogP contribution in [0.15, 0.2) is 45.8 Å². The van der Waals surface area contributed by atoms with Crippen LogP contribution in [0.4, 0.5) is 5.69 Å². The fourth-order valence-corrected chi connectivity index (χ4v) is 4.12. The molecule has 1 aliphatic rings. The summed E-state index contributed by atoms with van der Waals surface area (Å²) in [5, 5.41) is 18.2. The molecule has 0 amide bonds. The van der Waals surface area contributed by atoms with Gasteiger partial charge in [-0.05, 0) is 51.0 Å². The summed E-state index contributed by atoms with van der Waals surface area (Å²) < 4.78 is 12.4. The maximum atomic E-state index is 11.6. The van der Waals surface area contributed by atoms with Crippen molar-refractivity contribution in [3.63, 3.8) is 0 Å². The lowest BCUT2D eigenvalue weighted by atomic mass is 10.1. The molecule has 0 fully saturated rings. The Hall–Kier alpha value is -3.46. The Bertz CT molecular complexity index is 1260. The summed E-state index contributed by atoms with van der Waals surface area (Å²) in [5.74, 6) is 0.821. The first-order valence-corrected chi connectivity index (χ1v) is 10.7. The number of aromatic nitrogens is 1. The van der Waals surface area contributed by atoms with Crippen LogP contribution < -0.4 is 14.3 Å². The molecule has 0 N–H and O–H groups in total. The third-order valence-corrected chi connectivity index (χ3v) is 5.72. The van der Waals surface area contributed by atoms with E-state index in [2.05, 4.69) is 36.1 Å². The van der Waals surface area contributed by atoms with Crippen LogP contribution in [-0.2, 0) is 0 Å². The van der Waals surface area contributed by atoms with Crippen LogP contribution in [0.1, 0.15) is 30.5 Å². The minimum absolute atomic E-state index is 0.0424. The summed E-state index contributed by atoms with van der Waals surface area (Å²) in [4.78, 5) is 16.5. The van der Waals surface area contributed by atoms with Crippen molar-refractivity contribution in [3.8, 4) is 22.8 Å². The average molecular weight is 439 g/mol. The van der Waals surface area contributed by atoms with Crippen LogP contribution in [-0.4, -0.2) is 28.6 Å². The van der Waals surface area contributed by atoms with E-state index in [0.29, 0.717) is 21.9 Å². The molecular formula is C22H22N4O4S. The van der Waals surface area contributed by atoms with E-state index in [1.54, 1.807) is 10.7 Å². The number of aryl methyl sites for hydroxylation is 2. The molecule has 31 heavy (non-hydrogen) atoms. The summed E-state index contributed by atoms with van der Waals surface area (Å²) in [6.07, 6.45) is 1.47. The van der Waals surface area contributed by atoms with E-state index in [1.807, 2.05) is 25.3 Å². The number of rotatable bonds is 5. The highest BCUT2D eigenvalue weighted by molar-refractivity contribution is 7.07. The molecule has 2 aromatic carbocycles. The number of hydrogen-bond acceptors (Lipinski definition) is 7. The van der Waals surface area contributed by atoms with Crippen molar-refractivity contribution in [2.75, 3.05) is 6.79 Å². The standard InChI is InChI=1S/C22H22N4O4S/c1-13(2)24-22-25(19(11-31-22)16-6-5-14(3)15(4)7-16)23-10-17-8-20-21(30-12-29-20)9-18(17)26(27)28/h5-11,13H,12H2,1-4H3. The van der Waals surface area contributed by atoms with E-state index in [4.69, 9.17) is 9.47 Å². The quantitative estimate of drug-likeness (QED) is 0.329. The van der Waals surface area contributed by atoms with Gasteiger partial charge in [0.15, 0.2) is 11.5 Å². The smallest absolute Gasteiger partial charge is 0.282 e. The van der Waals surface area contributed by atoms with Crippen LogP contribution in [0.3, 0.4) is 0 Å². The van der Waals surface area contributed by atoms with Gasteiger partial charge in [-0.2, -0.15) is 5.10 Å². The molecule has 0 saturated carbocycles. The van der Waals surface area contributed by atoms with Crippen molar-refractivity contribution < 1.29 is 14.4 Å². The summed E-state index contributed by atoms with van der Waals surface area (Å²) in [7, 11) is 0. The zero-order valence-corrected chi connectivity index (χ0v) is 18.5. The highest BCUT2D eigenvalue weighted by atomic mass is 32.1. The third-order valence-electron chi connectivity index (χ3n) is 4.89. The maximum Gasteiger partial charge on any atom is 0.282 e. The number of nitro benzene ring substituents is 1. The lowest BCUT2D eigenvalue weighted by Gasteiger charge is -2.07. The van der Waals surface area contributed by atoms with Gasteiger partial charge in [0.1, 0.15) is 0 Å². The molecule has 2 heterocycles. The Morgan fingerprint density at radius 2 is 1.90 bits per heavy atom. The monoisotopic (exact) mass is 438 g/mol. The first kappa shape index (κ1) is 20.8. The summed E-state index contributed by atoms with van der Waals surface area (Å²) in [6.45, 7) is 8.16. The number of ether oxygens (including phenoxy) is 2. The summed E-state index contributed by atoms with van der Waals surface area (Å²) in [6, 6.07) is 9.23. The Morgan fingerprint density at radius 3 is 2.58 bits per heavy atom. The van der Waals surface area contributed by atoms with Gasteiger partial charge < -0.3 is 9.47 Å². The molecule has 4 rings (SSSR count). The lowest BCUT2D eigenvalue weighted by molar-refractivity contribution is -0.385. The molecule has 1 aliphatic heterocycles. The fourth-order valence-electron chi connectivity index (χ4n) is 3.15. The zero-order chi connectivity index (χ0) is 22.1. The highest BCUT2D eigenvalue weighted by Gasteiger charge is 2.22. The SMILES string of the molecule is Cc1ccc(-c2csc(=NC(C)C)n2N=Cc2cc3c(cc2[N+](=O)[O-])OCO3)cc1C. The van der Waals surface area contributed by atoms with E-state index in [1.165, 1.54) is 34.7 Å². The topological polar surface area (TPSA) is 91.2 Å². The van der Waals surface area contributed by atoms with Gasteiger partial charge in [-0.3, -0.25) is 15.1 Å². The average Bonchev–Trinajstić information content (AvgIpc) is 3.33. The molecule has 1 aromatic heterocycles. The van der Waals surface area contributed by atoms with Crippen LogP contribution in [0, 0.1) is 24.0 Å². The van der Waals surface area contributed by atoms with E-state index in [0.717, 1.165) is 11.3 Å². The van der Waals surface area contributed by atoms with Crippen molar-refractivity contribution in [2.45, 2.75) is 33.7 Å². The predicted molar refractivity (Wildman–Crippen MR) is 120 cm³/mol. The number of nitrogens with zero attached hydrogens (tertiary/aromatic N) is 4. The molecule has 0 aliphatic carbocycles.